The second-order valence-corrected chi connectivity index (χ2v) is 7.09. The van der Waals surface area contributed by atoms with Crippen LogP contribution < -0.4 is 5.43 Å². The molecular formula is C18H9BrClF3N2O5. The van der Waals surface area contributed by atoms with Gasteiger partial charge < -0.3 is 9.30 Å². The zero-order chi connectivity index (χ0) is 22.3. The van der Waals surface area contributed by atoms with Crippen LogP contribution in [0.3, 0.4) is 0 Å². The van der Waals surface area contributed by atoms with Crippen molar-refractivity contribution in [3.63, 3.8) is 0 Å². The first-order chi connectivity index (χ1) is 14.1. The minimum atomic E-state index is -1.48. The van der Waals surface area contributed by atoms with E-state index in [9.17, 15) is 32.9 Å². The first-order valence-corrected chi connectivity index (χ1v) is 9.29. The van der Waals surface area contributed by atoms with E-state index in [0.717, 1.165) is 22.9 Å². The molecule has 0 aliphatic carbocycles. The molecule has 0 fully saturated rings. The molecule has 0 atom stereocenters. The molecule has 0 bridgehead atoms. The van der Waals surface area contributed by atoms with Crippen LogP contribution in [0.1, 0.15) is 17.3 Å². The quantitative estimate of drug-likeness (QED) is 0.217. The molecule has 12 heteroatoms. The smallest absolute Gasteiger partial charge is 0.343 e. The van der Waals surface area contributed by atoms with E-state index in [4.69, 9.17) is 16.3 Å². The predicted octanol–water partition coefficient (Wildman–Crippen LogP) is 4.91. The first kappa shape index (κ1) is 21.8. The highest BCUT2D eigenvalue weighted by atomic mass is 79.9. The van der Waals surface area contributed by atoms with Crippen LogP contribution in [0.2, 0.25) is 5.02 Å². The van der Waals surface area contributed by atoms with Gasteiger partial charge >= 0.3 is 11.7 Å². The third-order valence-electron chi connectivity index (χ3n) is 4.09. The number of rotatable bonds is 4. The highest BCUT2D eigenvalue weighted by Crippen LogP contribution is 2.34. The van der Waals surface area contributed by atoms with Gasteiger partial charge in [0.15, 0.2) is 11.6 Å². The highest BCUT2D eigenvalue weighted by Gasteiger charge is 2.25. The summed E-state index contributed by atoms with van der Waals surface area (Å²) in [7, 11) is 0. The van der Waals surface area contributed by atoms with Gasteiger partial charge in [0.05, 0.1) is 28.1 Å². The summed E-state index contributed by atoms with van der Waals surface area (Å²) < 4.78 is 47.7. The SMILES string of the molecule is CCOC(=O)c1cn(-c2cc([N+](=O)[O-])c(F)cc2Br)c2c(Cl)c(F)c(F)cc2c1=O. The Morgan fingerprint density at radius 2 is 1.93 bits per heavy atom. The van der Waals surface area contributed by atoms with Crippen molar-refractivity contribution in [2.75, 3.05) is 6.61 Å². The van der Waals surface area contributed by atoms with Gasteiger partial charge in [-0.05, 0) is 35.0 Å². The lowest BCUT2D eigenvalue weighted by Crippen LogP contribution is -2.21. The molecule has 7 nitrogen and oxygen atoms in total. The molecule has 1 heterocycles. The molecule has 3 rings (SSSR count). The fourth-order valence-electron chi connectivity index (χ4n) is 2.79. The lowest BCUT2D eigenvalue weighted by molar-refractivity contribution is -0.387. The van der Waals surface area contributed by atoms with Crippen LogP contribution in [0.5, 0.6) is 0 Å². The monoisotopic (exact) mass is 504 g/mol. The van der Waals surface area contributed by atoms with E-state index in [2.05, 4.69) is 15.9 Å². The molecule has 0 unspecified atom stereocenters. The molecule has 0 saturated carbocycles. The van der Waals surface area contributed by atoms with E-state index in [1.165, 1.54) is 6.92 Å². The predicted molar refractivity (Wildman–Crippen MR) is 105 cm³/mol. The van der Waals surface area contributed by atoms with Crippen molar-refractivity contribution < 1.29 is 27.6 Å². The Labute approximate surface area is 178 Å². The minimum Gasteiger partial charge on any atom is -0.462 e. The van der Waals surface area contributed by atoms with Crippen LogP contribution in [0, 0.1) is 27.6 Å². The number of hydrogen-bond donors (Lipinski definition) is 0. The van der Waals surface area contributed by atoms with Gasteiger partial charge in [0.1, 0.15) is 10.6 Å². The van der Waals surface area contributed by atoms with E-state index in [1.807, 2.05) is 0 Å². The standard InChI is InChI=1S/C18H9BrClF3N2O5/c1-2-30-18(27)8-6-24(12-5-13(25(28)29)10(21)4-9(12)19)16-7(17(8)26)3-11(22)15(23)14(16)20/h3-6H,2H2,1H3. The lowest BCUT2D eigenvalue weighted by Gasteiger charge is -2.16. The van der Waals surface area contributed by atoms with Crippen LogP contribution in [0.25, 0.3) is 16.6 Å². The Morgan fingerprint density at radius 3 is 2.53 bits per heavy atom. The van der Waals surface area contributed by atoms with Crippen LogP contribution in [-0.2, 0) is 4.74 Å². The summed E-state index contributed by atoms with van der Waals surface area (Å²) in [4.78, 5) is 35.1. The fourth-order valence-corrected chi connectivity index (χ4v) is 3.58. The number of pyridine rings is 1. The van der Waals surface area contributed by atoms with Gasteiger partial charge in [-0.15, -0.1) is 0 Å². The molecule has 0 saturated heterocycles. The maximum absolute atomic E-state index is 14.1. The van der Waals surface area contributed by atoms with Gasteiger partial charge in [0.25, 0.3) is 0 Å². The molecule has 1 aromatic heterocycles. The van der Waals surface area contributed by atoms with Crippen LogP contribution in [-0.4, -0.2) is 22.1 Å². The summed E-state index contributed by atoms with van der Waals surface area (Å²) in [6, 6.07) is 2.11. The minimum absolute atomic E-state index is 0.0499. The number of ether oxygens (including phenoxy) is 1. The van der Waals surface area contributed by atoms with Crippen molar-refractivity contribution in [1.82, 2.24) is 4.57 Å². The number of fused-ring (bicyclic) bond motifs is 1. The van der Waals surface area contributed by atoms with Gasteiger partial charge in [-0.1, -0.05) is 11.6 Å². The van der Waals surface area contributed by atoms with Gasteiger partial charge in [-0.2, -0.15) is 4.39 Å². The van der Waals surface area contributed by atoms with E-state index >= 15 is 0 Å². The summed E-state index contributed by atoms with van der Waals surface area (Å²) >= 11 is 8.96. The highest BCUT2D eigenvalue weighted by molar-refractivity contribution is 9.10. The number of esters is 1. The van der Waals surface area contributed by atoms with E-state index < -0.39 is 55.4 Å². The van der Waals surface area contributed by atoms with Crippen molar-refractivity contribution in [2.45, 2.75) is 6.92 Å². The summed E-state index contributed by atoms with van der Waals surface area (Å²) in [5, 5.41) is 9.85. The summed E-state index contributed by atoms with van der Waals surface area (Å²) in [6.07, 6.45) is 0.910. The second kappa shape index (κ2) is 8.07. The summed E-state index contributed by atoms with van der Waals surface area (Å²) in [6.45, 7) is 1.41. The number of hydrogen-bond acceptors (Lipinski definition) is 5. The molecule has 0 N–H and O–H groups in total. The van der Waals surface area contributed by atoms with Crippen LogP contribution in [0.4, 0.5) is 18.9 Å². The number of nitro groups is 1. The molecule has 3 aromatic rings. The number of nitrogens with zero attached hydrogens (tertiary/aromatic N) is 2. The van der Waals surface area contributed by atoms with Gasteiger partial charge in [-0.3, -0.25) is 14.9 Å². The normalized spacial score (nSPS) is 11.0. The lowest BCUT2D eigenvalue weighted by atomic mass is 10.1. The molecule has 0 spiro atoms. The number of halogens is 5. The average Bonchev–Trinajstić information content (AvgIpc) is 2.67. The molecule has 30 heavy (non-hydrogen) atoms. The van der Waals surface area contributed by atoms with Crippen molar-refractivity contribution in [1.29, 1.82) is 0 Å². The topological polar surface area (TPSA) is 91.4 Å². The van der Waals surface area contributed by atoms with E-state index in [0.29, 0.717) is 6.07 Å². The molecule has 0 radical (unpaired) electrons. The van der Waals surface area contributed by atoms with Crippen LogP contribution in [0.15, 0.2) is 33.7 Å². The fraction of sp³-hybridized carbons (Fsp3) is 0.111. The van der Waals surface area contributed by atoms with E-state index in [1.54, 1.807) is 0 Å². The molecule has 156 valence electrons. The summed E-state index contributed by atoms with van der Waals surface area (Å²) in [5.41, 5.74) is -3.03. The van der Waals surface area contributed by atoms with Gasteiger partial charge in [-0.25, -0.2) is 13.6 Å². The Kier molecular flexibility index (Phi) is 5.86. The van der Waals surface area contributed by atoms with Crippen molar-refractivity contribution >= 4 is 50.1 Å². The maximum Gasteiger partial charge on any atom is 0.343 e. The van der Waals surface area contributed by atoms with Crippen molar-refractivity contribution in [3.8, 4) is 5.69 Å². The molecule has 0 aliphatic heterocycles. The Balaban J connectivity index is 2.54. The zero-order valence-corrected chi connectivity index (χ0v) is 17.2. The zero-order valence-electron chi connectivity index (χ0n) is 14.8. The third kappa shape index (κ3) is 3.54. The van der Waals surface area contributed by atoms with Crippen molar-refractivity contribution in [2.24, 2.45) is 0 Å². The number of carbonyl (C=O) groups excluding carboxylic acids is 1. The first-order valence-electron chi connectivity index (χ1n) is 8.12. The number of benzene rings is 2. The molecule has 2 aromatic carbocycles. The average molecular weight is 506 g/mol. The molecule has 0 aliphatic rings. The van der Waals surface area contributed by atoms with Gasteiger partial charge in [0.2, 0.25) is 11.2 Å². The van der Waals surface area contributed by atoms with E-state index in [-0.39, 0.29) is 22.3 Å². The third-order valence-corrected chi connectivity index (χ3v) is 5.07. The van der Waals surface area contributed by atoms with Crippen molar-refractivity contribution in [3.05, 3.63) is 77.2 Å². The Bertz CT molecular complexity index is 1300. The second-order valence-electron chi connectivity index (χ2n) is 5.86. The number of nitro benzene ring substituents is 1. The summed E-state index contributed by atoms with van der Waals surface area (Å²) in [5.74, 6) is -5.16. The number of carbonyl (C=O) groups is 1. The van der Waals surface area contributed by atoms with Crippen LogP contribution >= 0.6 is 27.5 Å². The molecular weight excluding hydrogens is 497 g/mol. The Morgan fingerprint density at radius 1 is 1.27 bits per heavy atom. The largest absolute Gasteiger partial charge is 0.462 e. The Hall–Kier alpha value is -2.92. The maximum atomic E-state index is 14.1. The number of aromatic nitrogens is 1. The molecule has 0 amide bonds. The van der Waals surface area contributed by atoms with Gasteiger partial charge in [0, 0.05) is 16.7 Å².